The van der Waals surface area contributed by atoms with Crippen molar-refractivity contribution in [3.63, 3.8) is 0 Å². The summed E-state index contributed by atoms with van der Waals surface area (Å²) in [7, 11) is 0. The molecule has 0 bridgehead atoms. The topological polar surface area (TPSA) is 41.1 Å². The normalized spacial score (nSPS) is 24.9. The number of anilines is 1. The SMILES string of the molecule is Cc1c(NC(=O)[C@H]2CCN[C@@H](C)C2)sc2c1CCCC2.Cl. The zero-order valence-electron chi connectivity index (χ0n) is 12.8. The second kappa shape index (κ2) is 7.12. The molecule has 0 saturated carbocycles. The smallest absolute Gasteiger partial charge is 0.228 e. The summed E-state index contributed by atoms with van der Waals surface area (Å²) in [5.74, 6) is 0.393. The number of amides is 1. The molecule has 1 aromatic heterocycles. The third-order valence-electron chi connectivity index (χ3n) is 4.67. The summed E-state index contributed by atoms with van der Waals surface area (Å²) in [5, 5.41) is 7.72. The maximum Gasteiger partial charge on any atom is 0.228 e. The molecule has 1 saturated heterocycles. The number of aryl methyl sites for hydroxylation is 1. The lowest BCUT2D eigenvalue weighted by molar-refractivity contribution is -0.120. The molecule has 3 nitrogen and oxygen atoms in total. The van der Waals surface area contributed by atoms with Crippen LogP contribution in [0.1, 0.15) is 48.6 Å². The number of fused-ring (bicyclic) bond motifs is 1. The molecule has 1 amide bonds. The lowest BCUT2D eigenvalue weighted by Gasteiger charge is -2.27. The maximum atomic E-state index is 12.4. The molecule has 1 aromatic rings. The van der Waals surface area contributed by atoms with E-state index in [0.717, 1.165) is 24.4 Å². The van der Waals surface area contributed by atoms with E-state index in [4.69, 9.17) is 0 Å². The molecule has 0 aromatic carbocycles. The number of nitrogens with one attached hydrogen (secondary N) is 2. The average Bonchev–Trinajstić information content (AvgIpc) is 2.76. The summed E-state index contributed by atoms with van der Waals surface area (Å²) in [6.07, 6.45) is 6.89. The van der Waals surface area contributed by atoms with Gasteiger partial charge in [0.25, 0.3) is 0 Å². The molecule has 2 aliphatic rings. The monoisotopic (exact) mass is 328 g/mol. The zero-order chi connectivity index (χ0) is 14.1. The lowest BCUT2D eigenvalue weighted by Crippen LogP contribution is -2.40. The van der Waals surface area contributed by atoms with Gasteiger partial charge >= 0.3 is 0 Å². The van der Waals surface area contributed by atoms with Crippen LogP contribution in [0.5, 0.6) is 0 Å². The van der Waals surface area contributed by atoms with Crippen LogP contribution in [-0.2, 0) is 17.6 Å². The van der Waals surface area contributed by atoms with Crippen LogP contribution in [0.15, 0.2) is 0 Å². The lowest BCUT2D eigenvalue weighted by atomic mass is 9.92. The molecule has 0 radical (unpaired) electrons. The largest absolute Gasteiger partial charge is 0.317 e. The Morgan fingerprint density at radius 2 is 2.10 bits per heavy atom. The van der Waals surface area contributed by atoms with E-state index in [9.17, 15) is 4.79 Å². The van der Waals surface area contributed by atoms with E-state index in [1.165, 1.54) is 41.7 Å². The van der Waals surface area contributed by atoms with E-state index in [0.29, 0.717) is 6.04 Å². The summed E-state index contributed by atoms with van der Waals surface area (Å²) in [6.45, 7) is 5.29. The first-order valence-electron chi connectivity index (χ1n) is 7.80. The Kier molecular flexibility index (Phi) is 5.69. The van der Waals surface area contributed by atoms with Crippen molar-refractivity contribution >= 4 is 34.7 Å². The molecule has 0 spiro atoms. The Balaban J connectivity index is 0.00000161. The minimum atomic E-state index is 0. The van der Waals surface area contributed by atoms with E-state index in [2.05, 4.69) is 24.5 Å². The van der Waals surface area contributed by atoms with Gasteiger partial charge in [-0.2, -0.15) is 0 Å². The van der Waals surface area contributed by atoms with Gasteiger partial charge in [-0.25, -0.2) is 0 Å². The highest BCUT2D eigenvalue weighted by atomic mass is 35.5. The molecule has 21 heavy (non-hydrogen) atoms. The number of hydrogen-bond acceptors (Lipinski definition) is 3. The van der Waals surface area contributed by atoms with Crippen molar-refractivity contribution < 1.29 is 4.79 Å². The Bertz CT molecular complexity index is 515. The summed E-state index contributed by atoms with van der Waals surface area (Å²) in [5.41, 5.74) is 2.83. The summed E-state index contributed by atoms with van der Waals surface area (Å²) < 4.78 is 0. The first kappa shape index (κ1) is 16.8. The first-order chi connectivity index (χ1) is 9.65. The predicted octanol–water partition coefficient (Wildman–Crippen LogP) is 3.68. The van der Waals surface area contributed by atoms with Crippen LogP contribution in [0, 0.1) is 12.8 Å². The van der Waals surface area contributed by atoms with Gasteiger partial charge in [-0.05, 0) is 70.0 Å². The van der Waals surface area contributed by atoms with Crippen LogP contribution in [-0.4, -0.2) is 18.5 Å². The van der Waals surface area contributed by atoms with Crippen molar-refractivity contribution in [1.82, 2.24) is 5.32 Å². The molecule has 1 fully saturated rings. The van der Waals surface area contributed by atoms with Crippen LogP contribution in [0.2, 0.25) is 0 Å². The highest BCUT2D eigenvalue weighted by Crippen LogP contribution is 2.37. The van der Waals surface area contributed by atoms with E-state index >= 15 is 0 Å². The standard InChI is InChI=1S/C16H24N2OS.ClH/c1-10-9-12(7-8-17-10)15(19)18-16-11(2)13-5-3-4-6-14(13)20-16;/h10,12,17H,3-9H2,1-2H3,(H,18,19);1H/t10-,12-;/m0./s1. The number of piperidine rings is 1. The molecule has 2 heterocycles. The Labute approximate surface area is 137 Å². The minimum absolute atomic E-state index is 0. The molecule has 1 aliphatic carbocycles. The summed E-state index contributed by atoms with van der Waals surface area (Å²) in [4.78, 5) is 13.9. The fourth-order valence-electron chi connectivity index (χ4n) is 3.43. The van der Waals surface area contributed by atoms with Crippen molar-refractivity contribution in [2.45, 2.75) is 58.4 Å². The molecule has 0 unspecified atom stereocenters. The van der Waals surface area contributed by atoms with Gasteiger partial charge in [0.1, 0.15) is 0 Å². The van der Waals surface area contributed by atoms with Crippen LogP contribution in [0.4, 0.5) is 5.00 Å². The van der Waals surface area contributed by atoms with Gasteiger partial charge in [0.2, 0.25) is 5.91 Å². The number of rotatable bonds is 2. The van der Waals surface area contributed by atoms with E-state index < -0.39 is 0 Å². The van der Waals surface area contributed by atoms with Gasteiger partial charge in [0.15, 0.2) is 0 Å². The highest BCUT2D eigenvalue weighted by molar-refractivity contribution is 7.16. The van der Waals surface area contributed by atoms with Crippen molar-refractivity contribution in [1.29, 1.82) is 0 Å². The highest BCUT2D eigenvalue weighted by Gasteiger charge is 2.26. The van der Waals surface area contributed by atoms with Gasteiger partial charge in [-0.3, -0.25) is 4.79 Å². The van der Waals surface area contributed by atoms with Crippen molar-refractivity contribution in [3.8, 4) is 0 Å². The quantitative estimate of drug-likeness (QED) is 0.869. The fourth-order valence-corrected chi connectivity index (χ4v) is 4.73. The number of halogens is 1. The molecular formula is C16H25ClN2OS. The number of carbonyl (C=O) groups excluding carboxylic acids is 1. The van der Waals surface area contributed by atoms with E-state index in [1.807, 2.05) is 11.3 Å². The Morgan fingerprint density at radius 1 is 1.33 bits per heavy atom. The van der Waals surface area contributed by atoms with E-state index in [-0.39, 0.29) is 24.2 Å². The average molecular weight is 329 g/mol. The Hall–Kier alpha value is -0.580. The van der Waals surface area contributed by atoms with Crippen LogP contribution in [0.3, 0.4) is 0 Å². The number of hydrogen-bond donors (Lipinski definition) is 2. The van der Waals surface area contributed by atoms with Crippen LogP contribution in [0.25, 0.3) is 0 Å². The third-order valence-corrected chi connectivity index (χ3v) is 5.98. The summed E-state index contributed by atoms with van der Waals surface area (Å²) >= 11 is 1.81. The minimum Gasteiger partial charge on any atom is -0.317 e. The molecule has 3 rings (SSSR count). The molecule has 1 aliphatic heterocycles. The van der Waals surface area contributed by atoms with Crippen molar-refractivity contribution in [2.75, 3.05) is 11.9 Å². The summed E-state index contributed by atoms with van der Waals surface area (Å²) in [6, 6.07) is 0.456. The molecule has 2 atom stereocenters. The number of thiophene rings is 1. The second-order valence-corrected chi connectivity index (χ2v) is 7.34. The predicted molar refractivity (Wildman–Crippen MR) is 91.8 cm³/mol. The molecular weight excluding hydrogens is 304 g/mol. The van der Waals surface area contributed by atoms with Crippen molar-refractivity contribution in [3.05, 3.63) is 16.0 Å². The van der Waals surface area contributed by atoms with Crippen molar-refractivity contribution in [2.24, 2.45) is 5.92 Å². The third kappa shape index (κ3) is 3.61. The van der Waals surface area contributed by atoms with Gasteiger partial charge in [-0.1, -0.05) is 0 Å². The molecule has 2 N–H and O–H groups in total. The van der Waals surface area contributed by atoms with Crippen LogP contribution < -0.4 is 10.6 Å². The van der Waals surface area contributed by atoms with E-state index in [1.54, 1.807) is 0 Å². The van der Waals surface area contributed by atoms with Gasteiger partial charge in [0.05, 0.1) is 5.00 Å². The van der Waals surface area contributed by atoms with Gasteiger partial charge < -0.3 is 10.6 Å². The zero-order valence-corrected chi connectivity index (χ0v) is 14.5. The first-order valence-corrected chi connectivity index (χ1v) is 8.62. The van der Waals surface area contributed by atoms with Crippen LogP contribution >= 0.6 is 23.7 Å². The number of carbonyl (C=O) groups is 1. The van der Waals surface area contributed by atoms with Gasteiger partial charge in [-0.15, -0.1) is 23.7 Å². The second-order valence-electron chi connectivity index (χ2n) is 6.23. The fraction of sp³-hybridized carbons (Fsp3) is 0.688. The molecule has 5 heteroatoms. The molecule has 118 valence electrons. The van der Waals surface area contributed by atoms with Gasteiger partial charge in [0, 0.05) is 16.8 Å². The Morgan fingerprint density at radius 3 is 2.81 bits per heavy atom. The maximum absolute atomic E-state index is 12.4.